The number of nitrogens with zero attached hydrogens (tertiary/aromatic N) is 4. The van der Waals surface area contributed by atoms with E-state index in [1.165, 1.54) is 32.6 Å². The largest absolute Gasteiger partial charge is 0.309 e. The Morgan fingerprint density at radius 1 is 0.300 bits per heavy atom. The summed E-state index contributed by atoms with van der Waals surface area (Å²) in [5.41, 5.74) is 11.7. The van der Waals surface area contributed by atoms with Gasteiger partial charge >= 0.3 is 0 Å². The zero-order chi connectivity index (χ0) is 33.0. The molecule has 0 amide bonds. The molecule has 0 radical (unpaired) electrons. The first-order valence-corrected chi connectivity index (χ1v) is 16.9. The molecule has 0 aliphatic carbocycles. The van der Waals surface area contributed by atoms with Crippen molar-refractivity contribution in [2.24, 2.45) is 0 Å². The minimum Gasteiger partial charge on any atom is -0.309 e. The average molecular weight is 639 g/mol. The minimum absolute atomic E-state index is 0.693. The van der Waals surface area contributed by atoms with Crippen LogP contribution in [0.25, 0.3) is 88.9 Å². The van der Waals surface area contributed by atoms with Crippen LogP contribution >= 0.6 is 0 Å². The molecule has 3 aromatic heterocycles. The highest BCUT2D eigenvalue weighted by atomic mass is 15.0. The van der Waals surface area contributed by atoms with Crippen molar-refractivity contribution in [3.63, 3.8) is 0 Å². The van der Waals surface area contributed by atoms with Crippen LogP contribution in [0.1, 0.15) is 0 Å². The molecule has 50 heavy (non-hydrogen) atoms. The molecule has 4 heteroatoms. The molecular weight excluding hydrogens is 609 g/mol. The number of rotatable bonds is 5. The predicted octanol–water partition coefficient (Wildman–Crippen LogP) is 11.7. The van der Waals surface area contributed by atoms with Crippen molar-refractivity contribution in [3.05, 3.63) is 182 Å². The number of aromatic nitrogens is 4. The van der Waals surface area contributed by atoms with Crippen LogP contribution in [0.4, 0.5) is 0 Å². The van der Waals surface area contributed by atoms with Crippen molar-refractivity contribution in [2.45, 2.75) is 0 Å². The molecule has 0 aliphatic rings. The van der Waals surface area contributed by atoms with Crippen molar-refractivity contribution in [3.8, 4) is 45.3 Å². The zero-order valence-electron chi connectivity index (χ0n) is 27.1. The van der Waals surface area contributed by atoms with Crippen molar-refractivity contribution in [1.29, 1.82) is 0 Å². The number of hydrogen-bond donors (Lipinski definition) is 0. The summed E-state index contributed by atoms with van der Waals surface area (Å²) in [7, 11) is 0. The Morgan fingerprint density at radius 3 is 1.30 bits per heavy atom. The third-order valence-corrected chi connectivity index (χ3v) is 9.72. The molecule has 7 aromatic carbocycles. The summed E-state index contributed by atoms with van der Waals surface area (Å²) < 4.78 is 4.77. The fourth-order valence-corrected chi connectivity index (χ4v) is 7.45. The predicted molar refractivity (Wildman–Crippen MR) is 207 cm³/mol. The van der Waals surface area contributed by atoms with Gasteiger partial charge in [-0.1, -0.05) is 133 Å². The Morgan fingerprint density at radius 2 is 0.740 bits per heavy atom. The number of para-hydroxylation sites is 3. The fraction of sp³-hybridized carbons (Fsp3) is 0. The Bertz CT molecular complexity index is 2750. The maximum atomic E-state index is 5.13. The SMILES string of the molecule is c1ccc(-c2cc(-c3ccccc3)nc(-c3cccc(-n4c5ccccc5c5ccc(-n6c7ccccc7c7ccccc76)cc54)c3)n2)cc1. The Kier molecular flexibility index (Phi) is 6.46. The van der Waals surface area contributed by atoms with Crippen LogP contribution in [0, 0.1) is 0 Å². The normalized spacial score (nSPS) is 11.6. The fourth-order valence-electron chi connectivity index (χ4n) is 7.45. The quantitative estimate of drug-likeness (QED) is 0.188. The summed E-state index contributed by atoms with van der Waals surface area (Å²) in [4.78, 5) is 10.3. The molecular formula is C46H30N4. The molecule has 0 saturated carbocycles. The number of benzene rings is 7. The smallest absolute Gasteiger partial charge is 0.160 e. The van der Waals surface area contributed by atoms with Crippen molar-refractivity contribution in [2.75, 3.05) is 0 Å². The van der Waals surface area contributed by atoms with E-state index in [0.29, 0.717) is 5.82 Å². The van der Waals surface area contributed by atoms with E-state index in [-0.39, 0.29) is 0 Å². The topological polar surface area (TPSA) is 35.6 Å². The summed E-state index contributed by atoms with van der Waals surface area (Å²) in [5.74, 6) is 0.693. The second-order valence-corrected chi connectivity index (χ2v) is 12.7. The maximum Gasteiger partial charge on any atom is 0.160 e. The van der Waals surface area contributed by atoms with Gasteiger partial charge in [-0.2, -0.15) is 0 Å². The van der Waals surface area contributed by atoms with Gasteiger partial charge in [-0.05, 0) is 48.5 Å². The van der Waals surface area contributed by atoms with Crippen LogP contribution in [-0.2, 0) is 0 Å². The molecule has 0 bridgehead atoms. The van der Waals surface area contributed by atoms with Crippen LogP contribution in [-0.4, -0.2) is 19.1 Å². The van der Waals surface area contributed by atoms with Crippen LogP contribution in [0.2, 0.25) is 0 Å². The van der Waals surface area contributed by atoms with E-state index in [1.54, 1.807) is 0 Å². The minimum atomic E-state index is 0.693. The molecule has 10 rings (SSSR count). The second kappa shape index (κ2) is 11.4. The maximum absolute atomic E-state index is 5.13. The summed E-state index contributed by atoms with van der Waals surface area (Å²) in [6, 6.07) is 64.3. The lowest BCUT2D eigenvalue weighted by Gasteiger charge is -2.13. The Hall–Kier alpha value is -6.78. The highest BCUT2D eigenvalue weighted by Gasteiger charge is 2.17. The van der Waals surface area contributed by atoms with E-state index in [0.717, 1.165) is 50.5 Å². The van der Waals surface area contributed by atoms with Gasteiger partial charge in [0.2, 0.25) is 0 Å². The monoisotopic (exact) mass is 638 g/mol. The highest BCUT2D eigenvalue weighted by Crippen LogP contribution is 2.37. The lowest BCUT2D eigenvalue weighted by Crippen LogP contribution is -1.99. The summed E-state index contributed by atoms with van der Waals surface area (Å²) in [5, 5.41) is 4.94. The third kappa shape index (κ3) is 4.54. The molecule has 234 valence electrons. The molecule has 0 unspecified atom stereocenters. The number of fused-ring (bicyclic) bond motifs is 6. The van der Waals surface area contributed by atoms with Gasteiger partial charge in [-0.3, -0.25) is 0 Å². The lowest BCUT2D eigenvalue weighted by molar-refractivity contribution is 1.15. The second-order valence-electron chi connectivity index (χ2n) is 12.7. The van der Waals surface area contributed by atoms with Crippen molar-refractivity contribution in [1.82, 2.24) is 19.1 Å². The molecule has 0 fully saturated rings. The van der Waals surface area contributed by atoms with E-state index >= 15 is 0 Å². The van der Waals surface area contributed by atoms with Gasteiger partial charge in [-0.15, -0.1) is 0 Å². The molecule has 0 atom stereocenters. The van der Waals surface area contributed by atoms with Gasteiger partial charge in [0.1, 0.15) is 0 Å². The Labute approximate surface area is 289 Å². The van der Waals surface area contributed by atoms with Crippen LogP contribution in [0.5, 0.6) is 0 Å². The van der Waals surface area contributed by atoms with E-state index in [4.69, 9.17) is 9.97 Å². The standard InChI is InChI=1S/C46H30N4/c1-3-14-31(15-4-1)40-30-41(32-16-5-2-6-17-32)48-46(47-40)33-18-13-19-34(28-33)50-44-25-12-9-22-38(44)39-27-26-35(29-45(39)50)49-42-23-10-7-20-36(42)37-21-8-11-24-43(37)49/h1-30H. The van der Waals surface area contributed by atoms with Gasteiger partial charge in [0.05, 0.1) is 33.5 Å². The van der Waals surface area contributed by atoms with E-state index in [9.17, 15) is 0 Å². The summed E-state index contributed by atoms with van der Waals surface area (Å²) >= 11 is 0. The van der Waals surface area contributed by atoms with Crippen molar-refractivity contribution < 1.29 is 0 Å². The molecule has 4 nitrogen and oxygen atoms in total. The number of hydrogen-bond acceptors (Lipinski definition) is 2. The summed E-state index contributed by atoms with van der Waals surface area (Å²) in [6.07, 6.45) is 0. The first-order valence-electron chi connectivity index (χ1n) is 16.9. The summed E-state index contributed by atoms with van der Waals surface area (Å²) in [6.45, 7) is 0. The van der Waals surface area contributed by atoms with E-state index < -0.39 is 0 Å². The van der Waals surface area contributed by atoms with Crippen LogP contribution in [0.15, 0.2) is 182 Å². The van der Waals surface area contributed by atoms with E-state index in [1.807, 2.05) is 12.1 Å². The first-order chi connectivity index (χ1) is 24.8. The molecule has 0 spiro atoms. The van der Waals surface area contributed by atoms with Crippen LogP contribution in [0.3, 0.4) is 0 Å². The molecule has 3 heterocycles. The Balaban J connectivity index is 1.19. The van der Waals surface area contributed by atoms with Gasteiger partial charge in [-0.25, -0.2) is 9.97 Å². The van der Waals surface area contributed by atoms with Gasteiger partial charge in [0.15, 0.2) is 5.82 Å². The van der Waals surface area contributed by atoms with Gasteiger partial charge in [0, 0.05) is 49.6 Å². The molecule has 0 saturated heterocycles. The molecule has 0 N–H and O–H groups in total. The third-order valence-electron chi connectivity index (χ3n) is 9.72. The molecule has 10 aromatic rings. The van der Waals surface area contributed by atoms with Gasteiger partial charge in [0.25, 0.3) is 0 Å². The average Bonchev–Trinajstić information content (AvgIpc) is 3.71. The lowest BCUT2D eigenvalue weighted by atomic mass is 10.1. The highest BCUT2D eigenvalue weighted by molar-refractivity contribution is 6.12. The van der Waals surface area contributed by atoms with Crippen molar-refractivity contribution >= 4 is 43.6 Å². The first kappa shape index (κ1) is 28.3. The van der Waals surface area contributed by atoms with Gasteiger partial charge < -0.3 is 9.13 Å². The van der Waals surface area contributed by atoms with E-state index in [2.05, 4.69) is 179 Å². The molecule has 0 aliphatic heterocycles. The van der Waals surface area contributed by atoms with Crippen LogP contribution < -0.4 is 0 Å². The zero-order valence-corrected chi connectivity index (χ0v) is 27.1.